The van der Waals surface area contributed by atoms with Crippen LogP contribution < -0.4 is 10.6 Å². The number of aryl methyl sites for hydroxylation is 1. The molecule has 1 aromatic heterocycles. The van der Waals surface area contributed by atoms with Crippen LogP contribution in [0.2, 0.25) is 0 Å². The van der Waals surface area contributed by atoms with Gasteiger partial charge in [0.2, 0.25) is 0 Å². The summed E-state index contributed by atoms with van der Waals surface area (Å²) in [6.45, 7) is 5.26. The topological polar surface area (TPSA) is 37.0 Å². The number of hydrogen-bond donors (Lipinski definition) is 2. The van der Waals surface area contributed by atoms with Crippen molar-refractivity contribution in [1.82, 2.24) is 15.6 Å². The molecular weight excluding hydrogens is 206 g/mol. The molecule has 4 heteroatoms. The molecule has 0 bridgehead atoms. The summed E-state index contributed by atoms with van der Waals surface area (Å²) in [5, 5.41) is 10.2. The van der Waals surface area contributed by atoms with E-state index in [4.69, 9.17) is 0 Å². The summed E-state index contributed by atoms with van der Waals surface area (Å²) < 4.78 is 0. The molecule has 0 radical (unpaired) electrons. The predicted octanol–water partition coefficient (Wildman–Crippen LogP) is 1.34. The third-order valence-corrected chi connectivity index (χ3v) is 3.36. The van der Waals surface area contributed by atoms with Crippen molar-refractivity contribution in [2.24, 2.45) is 0 Å². The Bertz CT molecular complexity index is 294. The van der Waals surface area contributed by atoms with Crippen molar-refractivity contribution in [2.45, 2.75) is 32.2 Å². The number of rotatable bonds is 7. The van der Waals surface area contributed by atoms with Gasteiger partial charge in [-0.3, -0.25) is 0 Å². The van der Waals surface area contributed by atoms with E-state index in [1.165, 1.54) is 23.5 Å². The molecule has 3 nitrogen and oxygen atoms in total. The van der Waals surface area contributed by atoms with Crippen molar-refractivity contribution in [2.75, 3.05) is 19.6 Å². The monoisotopic (exact) mass is 225 g/mol. The van der Waals surface area contributed by atoms with Crippen molar-refractivity contribution in [3.8, 4) is 0 Å². The Morgan fingerprint density at radius 1 is 1.40 bits per heavy atom. The SMILES string of the molecule is Cc1nc(CCNCCNC2CC2)cs1. The molecule has 84 valence electrons. The highest BCUT2D eigenvalue weighted by Gasteiger charge is 2.19. The predicted molar refractivity (Wildman–Crippen MR) is 64.4 cm³/mol. The minimum atomic E-state index is 0.827. The van der Waals surface area contributed by atoms with Crippen LogP contribution in [0.3, 0.4) is 0 Å². The van der Waals surface area contributed by atoms with E-state index >= 15 is 0 Å². The Labute approximate surface area is 95.3 Å². The molecule has 0 spiro atoms. The molecule has 1 aliphatic rings. The van der Waals surface area contributed by atoms with Gasteiger partial charge in [0.05, 0.1) is 10.7 Å². The molecule has 1 saturated carbocycles. The molecule has 0 unspecified atom stereocenters. The fraction of sp³-hybridized carbons (Fsp3) is 0.727. The van der Waals surface area contributed by atoms with Crippen LogP contribution in [-0.2, 0) is 6.42 Å². The van der Waals surface area contributed by atoms with Crippen LogP contribution in [0.4, 0.5) is 0 Å². The van der Waals surface area contributed by atoms with Crippen molar-refractivity contribution in [1.29, 1.82) is 0 Å². The van der Waals surface area contributed by atoms with Crippen LogP contribution in [0.25, 0.3) is 0 Å². The summed E-state index contributed by atoms with van der Waals surface area (Å²) in [7, 11) is 0. The van der Waals surface area contributed by atoms with Crippen molar-refractivity contribution < 1.29 is 0 Å². The summed E-state index contributed by atoms with van der Waals surface area (Å²) in [4.78, 5) is 4.43. The van der Waals surface area contributed by atoms with E-state index in [2.05, 4.69) is 27.9 Å². The maximum absolute atomic E-state index is 4.43. The Hall–Kier alpha value is -0.450. The highest BCUT2D eigenvalue weighted by molar-refractivity contribution is 7.09. The minimum Gasteiger partial charge on any atom is -0.315 e. The van der Waals surface area contributed by atoms with Crippen LogP contribution in [-0.4, -0.2) is 30.7 Å². The van der Waals surface area contributed by atoms with Crippen LogP contribution in [0.15, 0.2) is 5.38 Å². The first-order chi connectivity index (χ1) is 7.34. The van der Waals surface area contributed by atoms with Crippen molar-refractivity contribution in [3.05, 3.63) is 16.1 Å². The quantitative estimate of drug-likeness (QED) is 0.688. The van der Waals surface area contributed by atoms with Gasteiger partial charge in [-0.2, -0.15) is 0 Å². The molecule has 2 rings (SSSR count). The lowest BCUT2D eigenvalue weighted by Gasteiger charge is -2.04. The zero-order valence-corrected chi connectivity index (χ0v) is 10.1. The van der Waals surface area contributed by atoms with Gasteiger partial charge in [-0.05, 0) is 19.8 Å². The summed E-state index contributed by atoms with van der Waals surface area (Å²) in [6, 6.07) is 0.827. The molecule has 1 heterocycles. The second kappa shape index (κ2) is 5.58. The molecule has 0 aromatic carbocycles. The normalized spacial score (nSPS) is 15.8. The zero-order chi connectivity index (χ0) is 10.5. The Kier molecular flexibility index (Phi) is 4.11. The average molecular weight is 225 g/mol. The largest absolute Gasteiger partial charge is 0.315 e. The Balaban J connectivity index is 1.47. The third kappa shape index (κ3) is 4.28. The molecule has 0 saturated heterocycles. The first-order valence-corrected chi connectivity index (χ1v) is 6.57. The summed E-state index contributed by atoms with van der Waals surface area (Å²) in [6.07, 6.45) is 3.80. The van der Waals surface area contributed by atoms with E-state index in [1.807, 2.05) is 0 Å². The van der Waals surface area contributed by atoms with Gasteiger partial charge < -0.3 is 10.6 Å². The van der Waals surface area contributed by atoms with Crippen LogP contribution in [0.5, 0.6) is 0 Å². The highest BCUT2D eigenvalue weighted by Crippen LogP contribution is 2.17. The fourth-order valence-corrected chi connectivity index (χ4v) is 2.16. The number of nitrogens with one attached hydrogen (secondary N) is 2. The van der Waals surface area contributed by atoms with Crippen molar-refractivity contribution >= 4 is 11.3 Å². The minimum absolute atomic E-state index is 0.827. The molecule has 2 N–H and O–H groups in total. The number of aromatic nitrogens is 1. The van der Waals surface area contributed by atoms with Crippen LogP contribution >= 0.6 is 11.3 Å². The molecule has 1 aliphatic carbocycles. The lowest BCUT2D eigenvalue weighted by Crippen LogP contribution is -2.29. The first kappa shape index (κ1) is 11.0. The maximum Gasteiger partial charge on any atom is 0.0897 e. The zero-order valence-electron chi connectivity index (χ0n) is 9.25. The lowest BCUT2D eigenvalue weighted by atomic mass is 10.3. The first-order valence-electron chi connectivity index (χ1n) is 5.70. The van der Waals surface area contributed by atoms with E-state index < -0.39 is 0 Å². The number of hydrogen-bond acceptors (Lipinski definition) is 4. The number of nitrogens with zero attached hydrogens (tertiary/aromatic N) is 1. The van der Waals surface area contributed by atoms with E-state index in [0.29, 0.717) is 0 Å². The lowest BCUT2D eigenvalue weighted by molar-refractivity contribution is 0.607. The van der Waals surface area contributed by atoms with Gasteiger partial charge in [0, 0.05) is 37.5 Å². The Morgan fingerprint density at radius 2 is 2.27 bits per heavy atom. The highest BCUT2D eigenvalue weighted by atomic mass is 32.1. The molecule has 1 aromatic rings. The summed E-state index contributed by atoms with van der Waals surface area (Å²) in [5.41, 5.74) is 1.22. The summed E-state index contributed by atoms with van der Waals surface area (Å²) >= 11 is 1.73. The van der Waals surface area contributed by atoms with Gasteiger partial charge in [-0.25, -0.2) is 4.98 Å². The van der Waals surface area contributed by atoms with Crippen molar-refractivity contribution in [3.63, 3.8) is 0 Å². The van der Waals surface area contributed by atoms with Gasteiger partial charge >= 0.3 is 0 Å². The van der Waals surface area contributed by atoms with E-state index in [-0.39, 0.29) is 0 Å². The maximum atomic E-state index is 4.43. The van der Waals surface area contributed by atoms with Gasteiger partial charge in [0.1, 0.15) is 0 Å². The number of thiazole rings is 1. The van der Waals surface area contributed by atoms with E-state index in [9.17, 15) is 0 Å². The van der Waals surface area contributed by atoms with Gasteiger partial charge in [-0.1, -0.05) is 0 Å². The van der Waals surface area contributed by atoms with Gasteiger partial charge in [0.15, 0.2) is 0 Å². The molecule has 0 atom stereocenters. The molecule has 1 fully saturated rings. The van der Waals surface area contributed by atoms with Crippen LogP contribution in [0.1, 0.15) is 23.5 Å². The van der Waals surface area contributed by atoms with Gasteiger partial charge in [0.25, 0.3) is 0 Å². The molecule has 0 aliphatic heterocycles. The van der Waals surface area contributed by atoms with E-state index in [1.54, 1.807) is 11.3 Å². The second-order valence-electron chi connectivity index (χ2n) is 4.09. The molecule has 15 heavy (non-hydrogen) atoms. The second-order valence-corrected chi connectivity index (χ2v) is 5.15. The van der Waals surface area contributed by atoms with Gasteiger partial charge in [-0.15, -0.1) is 11.3 Å². The summed E-state index contributed by atoms with van der Waals surface area (Å²) in [5.74, 6) is 0. The average Bonchev–Trinajstić information content (AvgIpc) is 2.95. The standard InChI is InChI=1S/C11H19N3S/c1-9-14-11(8-15-9)4-5-12-6-7-13-10-2-3-10/h8,10,12-13H,2-7H2,1H3. The van der Waals surface area contributed by atoms with Crippen LogP contribution in [0, 0.1) is 6.92 Å². The fourth-order valence-electron chi connectivity index (χ4n) is 1.52. The molecule has 0 amide bonds. The molecular formula is C11H19N3S. The third-order valence-electron chi connectivity index (χ3n) is 2.54. The Morgan fingerprint density at radius 3 is 2.93 bits per heavy atom. The smallest absolute Gasteiger partial charge is 0.0897 e. The van der Waals surface area contributed by atoms with E-state index in [0.717, 1.165) is 32.1 Å².